The third-order valence-electron chi connectivity index (χ3n) is 18.6. The maximum absolute atomic E-state index is 13.1. The summed E-state index contributed by atoms with van der Waals surface area (Å²) in [5, 5.41) is 10.6. The van der Waals surface area contributed by atoms with E-state index in [1.54, 1.807) is 0 Å². The normalized spacial score (nSPS) is 14.1. The van der Waals surface area contributed by atoms with E-state index in [1.165, 1.54) is 205 Å². The van der Waals surface area contributed by atoms with E-state index < -0.39 is 97.5 Å². The fourth-order valence-corrected chi connectivity index (χ4v) is 13.8. The zero-order chi connectivity index (χ0) is 73.1. The highest BCUT2D eigenvalue weighted by atomic mass is 31.2. The van der Waals surface area contributed by atoms with Crippen LogP contribution >= 0.6 is 15.6 Å². The average molecular weight is 1450 g/mol. The second-order valence-corrected chi connectivity index (χ2v) is 33.6. The molecule has 0 fully saturated rings. The number of carbonyl (C=O) groups excluding carboxylic acids is 4. The molecule has 3 N–H and O–H groups in total. The highest BCUT2D eigenvalue weighted by Crippen LogP contribution is 2.45. The van der Waals surface area contributed by atoms with Gasteiger partial charge in [-0.25, -0.2) is 9.13 Å². The van der Waals surface area contributed by atoms with Crippen LogP contribution in [0.4, 0.5) is 0 Å². The van der Waals surface area contributed by atoms with Crippen LogP contribution in [0.2, 0.25) is 0 Å². The fourth-order valence-electron chi connectivity index (χ4n) is 12.3. The molecule has 0 aromatic carbocycles. The first-order valence-electron chi connectivity index (χ1n) is 41.2. The van der Waals surface area contributed by atoms with E-state index in [0.29, 0.717) is 37.5 Å². The number of aliphatic hydroxyl groups excluding tert-OH is 1. The van der Waals surface area contributed by atoms with Gasteiger partial charge in [-0.3, -0.25) is 37.3 Å². The molecule has 17 nitrogen and oxygen atoms in total. The number of rotatable bonds is 77. The highest BCUT2D eigenvalue weighted by Gasteiger charge is 2.30. The molecular formula is C80H156O17P2. The molecule has 0 radical (unpaired) electrons. The molecule has 0 aromatic rings. The molecule has 0 saturated carbocycles. The quantitative estimate of drug-likeness (QED) is 0.0222. The van der Waals surface area contributed by atoms with E-state index in [2.05, 4.69) is 55.4 Å². The van der Waals surface area contributed by atoms with Gasteiger partial charge in [-0.1, -0.05) is 357 Å². The highest BCUT2D eigenvalue weighted by molar-refractivity contribution is 7.47. The summed E-state index contributed by atoms with van der Waals surface area (Å²) in [6.45, 7) is 14.2. The largest absolute Gasteiger partial charge is 0.472 e. The summed E-state index contributed by atoms with van der Waals surface area (Å²) >= 11 is 0. The van der Waals surface area contributed by atoms with Crippen molar-refractivity contribution in [3.63, 3.8) is 0 Å². The van der Waals surface area contributed by atoms with Crippen molar-refractivity contribution in [1.82, 2.24) is 0 Å². The van der Waals surface area contributed by atoms with Gasteiger partial charge in [0.2, 0.25) is 0 Å². The summed E-state index contributed by atoms with van der Waals surface area (Å²) in [6.07, 6.45) is 55.9. The van der Waals surface area contributed by atoms with Crippen LogP contribution in [0.5, 0.6) is 0 Å². The van der Waals surface area contributed by atoms with Crippen LogP contribution in [-0.4, -0.2) is 96.7 Å². The van der Waals surface area contributed by atoms with Gasteiger partial charge in [0.25, 0.3) is 0 Å². The molecule has 0 aromatic heterocycles. The molecule has 5 atom stereocenters. The number of phosphoric ester groups is 2. The van der Waals surface area contributed by atoms with E-state index in [1.807, 2.05) is 0 Å². The maximum atomic E-state index is 13.1. The molecule has 0 aliphatic rings. The van der Waals surface area contributed by atoms with Crippen molar-refractivity contribution in [2.45, 2.75) is 427 Å². The van der Waals surface area contributed by atoms with Crippen LogP contribution in [0.25, 0.3) is 0 Å². The van der Waals surface area contributed by atoms with Crippen LogP contribution in [0.15, 0.2) is 0 Å². The van der Waals surface area contributed by atoms with Gasteiger partial charge in [0.1, 0.15) is 19.3 Å². The smallest absolute Gasteiger partial charge is 0.462 e. The van der Waals surface area contributed by atoms with Crippen LogP contribution in [0, 0.1) is 23.7 Å². The van der Waals surface area contributed by atoms with Gasteiger partial charge >= 0.3 is 39.5 Å². The first kappa shape index (κ1) is 97.1. The molecule has 99 heavy (non-hydrogen) atoms. The van der Waals surface area contributed by atoms with Crippen molar-refractivity contribution in [1.29, 1.82) is 0 Å². The number of carbonyl (C=O) groups is 4. The summed E-state index contributed by atoms with van der Waals surface area (Å²) in [5.41, 5.74) is 0. The van der Waals surface area contributed by atoms with Crippen molar-refractivity contribution >= 4 is 39.5 Å². The molecule has 588 valence electrons. The monoisotopic (exact) mass is 1450 g/mol. The van der Waals surface area contributed by atoms with E-state index in [4.69, 9.17) is 37.0 Å². The molecule has 0 rings (SSSR count). The lowest BCUT2D eigenvalue weighted by molar-refractivity contribution is -0.161. The Kier molecular flexibility index (Phi) is 67.8. The standard InChI is InChI=1S/C80H156O17P2/c1-70(2)56-48-40-32-26-22-18-14-11-9-10-12-16-20-24-28-36-44-52-60-77(82)90-66-76(97-80(85)63-55-47-39-31-35-43-51-59-73(7)8)69-95-99(88,89)93-65-74(81)64-92-98(86,87)94-68-75(67-91-78(83)61-53-45-38-30-34-42-50-58-72(5)6)96-79(84)62-54-46-37-29-25-21-17-13-15-19-23-27-33-41-49-57-71(3)4/h70-76,81H,9-69H2,1-8H3,(H,86,87)(H,88,89)/t74?,75-,76-/m1/s1. The molecule has 0 spiro atoms. The molecule has 0 heterocycles. The number of phosphoric acid groups is 2. The minimum Gasteiger partial charge on any atom is -0.462 e. The van der Waals surface area contributed by atoms with Crippen molar-refractivity contribution in [3.8, 4) is 0 Å². The molecule has 3 unspecified atom stereocenters. The van der Waals surface area contributed by atoms with Crippen molar-refractivity contribution in [2.24, 2.45) is 23.7 Å². The minimum atomic E-state index is -4.96. The Bertz CT molecular complexity index is 1940. The summed E-state index contributed by atoms with van der Waals surface area (Å²) < 4.78 is 68.6. The Morgan fingerprint density at radius 3 is 0.626 bits per heavy atom. The van der Waals surface area contributed by atoms with E-state index >= 15 is 0 Å². The van der Waals surface area contributed by atoms with Gasteiger partial charge in [-0.05, 0) is 49.4 Å². The van der Waals surface area contributed by atoms with Crippen molar-refractivity contribution < 1.29 is 80.2 Å². The molecule has 19 heteroatoms. The van der Waals surface area contributed by atoms with Gasteiger partial charge in [-0.2, -0.15) is 0 Å². The summed E-state index contributed by atoms with van der Waals surface area (Å²) in [4.78, 5) is 72.9. The zero-order valence-electron chi connectivity index (χ0n) is 65.1. The third-order valence-corrected chi connectivity index (χ3v) is 20.5. The van der Waals surface area contributed by atoms with Crippen LogP contribution < -0.4 is 0 Å². The SMILES string of the molecule is CC(C)CCCCCCCCCCCCCCCCCCCCC(=O)OC[C@H](COP(=O)(O)OCC(O)COP(=O)(O)OC[C@@H](COC(=O)CCCCCCCCCC(C)C)OC(=O)CCCCCCCCCCCCCCCCCC(C)C)OC(=O)CCCCCCCCCC(C)C. The Morgan fingerprint density at radius 1 is 0.253 bits per heavy atom. The molecular weight excluding hydrogens is 1290 g/mol. The predicted molar refractivity (Wildman–Crippen MR) is 404 cm³/mol. The summed E-state index contributed by atoms with van der Waals surface area (Å²) in [6, 6.07) is 0. The van der Waals surface area contributed by atoms with Crippen LogP contribution in [0.3, 0.4) is 0 Å². The molecule has 0 saturated heterocycles. The van der Waals surface area contributed by atoms with Crippen LogP contribution in [-0.2, 0) is 65.4 Å². The van der Waals surface area contributed by atoms with Gasteiger partial charge in [0, 0.05) is 25.7 Å². The third kappa shape index (κ3) is 74.1. The number of hydrogen-bond acceptors (Lipinski definition) is 15. The molecule has 0 amide bonds. The fraction of sp³-hybridized carbons (Fsp3) is 0.950. The molecule has 0 aliphatic carbocycles. The van der Waals surface area contributed by atoms with Gasteiger partial charge in [0.15, 0.2) is 12.2 Å². The average Bonchev–Trinajstić information content (AvgIpc) is 0.957. The number of aliphatic hydroxyl groups is 1. The van der Waals surface area contributed by atoms with Crippen molar-refractivity contribution in [2.75, 3.05) is 39.6 Å². The van der Waals surface area contributed by atoms with Gasteiger partial charge in [0.05, 0.1) is 26.4 Å². The van der Waals surface area contributed by atoms with E-state index in [-0.39, 0.29) is 25.7 Å². The number of ether oxygens (including phenoxy) is 4. The van der Waals surface area contributed by atoms with Crippen LogP contribution in [0.1, 0.15) is 409 Å². The van der Waals surface area contributed by atoms with Crippen molar-refractivity contribution in [3.05, 3.63) is 0 Å². The lowest BCUT2D eigenvalue weighted by atomic mass is 10.0. The zero-order valence-corrected chi connectivity index (χ0v) is 66.9. The topological polar surface area (TPSA) is 237 Å². The van der Waals surface area contributed by atoms with Gasteiger partial charge in [-0.15, -0.1) is 0 Å². The molecule has 0 bridgehead atoms. The number of hydrogen-bond donors (Lipinski definition) is 3. The first-order valence-corrected chi connectivity index (χ1v) is 44.2. The lowest BCUT2D eigenvalue weighted by Crippen LogP contribution is -2.30. The van der Waals surface area contributed by atoms with E-state index in [0.717, 1.165) is 108 Å². The number of unbranched alkanes of at least 4 members (excludes halogenated alkanes) is 43. The Balaban J connectivity index is 5.13. The second-order valence-electron chi connectivity index (χ2n) is 30.7. The maximum Gasteiger partial charge on any atom is 0.472 e. The first-order chi connectivity index (χ1) is 47.6. The summed E-state index contributed by atoms with van der Waals surface area (Å²) in [7, 11) is -9.92. The number of esters is 4. The summed E-state index contributed by atoms with van der Waals surface area (Å²) in [5.74, 6) is 0.907. The Hall–Kier alpha value is -1.94. The predicted octanol–water partition coefficient (Wildman–Crippen LogP) is 23.6. The lowest BCUT2D eigenvalue weighted by Gasteiger charge is -2.21. The Labute approximate surface area is 607 Å². The molecule has 0 aliphatic heterocycles. The second kappa shape index (κ2) is 69.1. The minimum absolute atomic E-state index is 0.104. The Morgan fingerprint density at radius 2 is 0.424 bits per heavy atom. The van der Waals surface area contributed by atoms with E-state index in [9.17, 15) is 43.2 Å². The van der Waals surface area contributed by atoms with Gasteiger partial charge < -0.3 is 33.8 Å².